The van der Waals surface area contributed by atoms with E-state index in [-0.39, 0.29) is 5.60 Å². The summed E-state index contributed by atoms with van der Waals surface area (Å²) in [5.74, 6) is 0.555. The highest BCUT2D eigenvalue weighted by molar-refractivity contribution is 5.23. The summed E-state index contributed by atoms with van der Waals surface area (Å²) in [5, 5.41) is 4.07. The molecule has 0 aliphatic rings. The van der Waals surface area contributed by atoms with Gasteiger partial charge in [0.05, 0.1) is 18.8 Å². The number of hydrogen-bond donors (Lipinski definition) is 1. The molecule has 0 aliphatic heterocycles. The smallest absolute Gasteiger partial charge is 0.145 e. The maximum absolute atomic E-state index is 5.69. The quantitative estimate of drug-likeness (QED) is 0.781. The topological polar surface area (TPSA) is 53.1 Å². The monoisotopic (exact) mass is 197 g/mol. The van der Waals surface area contributed by atoms with Crippen LogP contribution >= 0.6 is 0 Å². The van der Waals surface area contributed by atoms with E-state index in [0.717, 1.165) is 13.0 Å². The molecule has 4 heteroatoms. The Morgan fingerprint density at radius 1 is 1.57 bits per heavy atom. The molecule has 1 rings (SSSR count). The first-order valence-electron chi connectivity index (χ1n) is 4.96. The predicted molar refractivity (Wildman–Crippen MR) is 57.0 cm³/mol. The molecule has 0 aliphatic carbocycles. The van der Waals surface area contributed by atoms with Crippen LogP contribution in [0.25, 0.3) is 0 Å². The van der Waals surface area contributed by atoms with Crippen molar-refractivity contribution in [3.05, 3.63) is 12.3 Å². The van der Waals surface area contributed by atoms with Crippen LogP contribution in [0.15, 0.2) is 12.3 Å². The summed E-state index contributed by atoms with van der Waals surface area (Å²) in [6, 6.07) is 1.78. The first kappa shape index (κ1) is 11.0. The number of nitrogens with two attached hydrogens (primary N) is 1. The fraction of sp³-hybridized carbons (Fsp3) is 0.700. The van der Waals surface area contributed by atoms with E-state index < -0.39 is 0 Å². The van der Waals surface area contributed by atoms with Gasteiger partial charge in [0.2, 0.25) is 0 Å². The van der Waals surface area contributed by atoms with Crippen LogP contribution in [0.3, 0.4) is 0 Å². The first-order chi connectivity index (χ1) is 6.53. The Balaban J connectivity index is 2.28. The minimum atomic E-state index is -0.0430. The molecule has 0 bridgehead atoms. The predicted octanol–water partition coefficient (Wildman–Crippen LogP) is 1.67. The molecule has 14 heavy (non-hydrogen) atoms. The maximum Gasteiger partial charge on any atom is 0.145 e. The molecule has 1 aromatic rings. The molecule has 2 N–H and O–H groups in total. The van der Waals surface area contributed by atoms with E-state index >= 15 is 0 Å². The van der Waals surface area contributed by atoms with Gasteiger partial charge < -0.3 is 10.5 Å². The van der Waals surface area contributed by atoms with E-state index in [0.29, 0.717) is 12.4 Å². The number of ether oxygens (including phenoxy) is 1. The van der Waals surface area contributed by atoms with Gasteiger partial charge >= 0.3 is 0 Å². The molecule has 0 radical (unpaired) electrons. The number of anilines is 1. The Labute approximate surface area is 85.0 Å². The van der Waals surface area contributed by atoms with Gasteiger partial charge in [0.15, 0.2) is 0 Å². The van der Waals surface area contributed by atoms with Crippen LogP contribution in [0, 0.1) is 0 Å². The Morgan fingerprint density at radius 2 is 2.29 bits per heavy atom. The van der Waals surface area contributed by atoms with Crippen molar-refractivity contribution in [1.82, 2.24) is 9.78 Å². The highest BCUT2D eigenvalue weighted by Gasteiger charge is 2.14. The van der Waals surface area contributed by atoms with Crippen LogP contribution in [0.1, 0.15) is 27.2 Å². The lowest BCUT2D eigenvalue weighted by atomic mass is 10.1. The second-order valence-corrected chi connectivity index (χ2v) is 3.97. The fourth-order valence-corrected chi connectivity index (χ4v) is 1.02. The molecule has 1 aromatic heterocycles. The van der Waals surface area contributed by atoms with Gasteiger partial charge in [-0.3, -0.25) is 4.68 Å². The summed E-state index contributed by atoms with van der Waals surface area (Å²) < 4.78 is 7.48. The standard InChI is InChI=1S/C10H19N3O/c1-4-10(2,3)14-8-7-13-6-5-9(11)12-13/h5-6H,4,7-8H2,1-3H3,(H2,11,12). The number of rotatable bonds is 5. The minimum absolute atomic E-state index is 0.0430. The lowest BCUT2D eigenvalue weighted by Crippen LogP contribution is -2.25. The van der Waals surface area contributed by atoms with Gasteiger partial charge in [-0.2, -0.15) is 5.10 Å². The normalized spacial score (nSPS) is 11.9. The van der Waals surface area contributed by atoms with Crippen molar-refractivity contribution < 1.29 is 4.74 Å². The zero-order chi connectivity index (χ0) is 10.6. The molecule has 1 heterocycles. The van der Waals surface area contributed by atoms with Crippen LogP contribution in [-0.2, 0) is 11.3 Å². The molecule has 0 saturated heterocycles. The first-order valence-corrected chi connectivity index (χ1v) is 4.96. The number of aromatic nitrogens is 2. The maximum atomic E-state index is 5.69. The molecule has 4 nitrogen and oxygen atoms in total. The summed E-state index contributed by atoms with van der Waals surface area (Å²) in [5.41, 5.74) is 5.45. The van der Waals surface area contributed by atoms with Gasteiger partial charge in [-0.1, -0.05) is 6.92 Å². The summed E-state index contributed by atoms with van der Waals surface area (Å²) in [7, 11) is 0. The van der Waals surface area contributed by atoms with Gasteiger partial charge in [0, 0.05) is 6.20 Å². The lowest BCUT2D eigenvalue weighted by Gasteiger charge is -2.23. The molecule has 0 spiro atoms. The van der Waals surface area contributed by atoms with Crippen LogP contribution in [0.4, 0.5) is 5.82 Å². The zero-order valence-corrected chi connectivity index (χ0v) is 9.16. The number of hydrogen-bond acceptors (Lipinski definition) is 3. The van der Waals surface area contributed by atoms with Crippen molar-refractivity contribution in [2.45, 2.75) is 39.3 Å². The summed E-state index contributed by atoms with van der Waals surface area (Å²) in [4.78, 5) is 0. The third-order valence-electron chi connectivity index (χ3n) is 2.33. The van der Waals surface area contributed by atoms with Gasteiger partial charge in [-0.15, -0.1) is 0 Å². The largest absolute Gasteiger partial charge is 0.382 e. The second-order valence-electron chi connectivity index (χ2n) is 3.97. The lowest BCUT2D eigenvalue weighted by molar-refractivity contribution is -0.0245. The van der Waals surface area contributed by atoms with Crippen molar-refractivity contribution in [3.63, 3.8) is 0 Å². The molecule has 0 unspecified atom stereocenters. The van der Waals surface area contributed by atoms with Crippen molar-refractivity contribution in [1.29, 1.82) is 0 Å². The SMILES string of the molecule is CCC(C)(C)OCCn1ccc(N)n1. The zero-order valence-electron chi connectivity index (χ0n) is 9.16. The Bertz CT molecular complexity index is 281. The Morgan fingerprint density at radius 3 is 2.79 bits per heavy atom. The van der Waals surface area contributed by atoms with Gasteiger partial charge in [-0.25, -0.2) is 0 Å². The highest BCUT2D eigenvalue weighted by atomic mass is 16.5. The van der Waals surface area contributed by atoms with E-state index in [9.17, 15) is 0 Å². The summed E-state index contributed by atoms with van der Waals surface area (Å²) in [6.45, 7) is 7.71. The molecule has 0 fully saturated rings. The molecular formula is C10H19N3O. The van der Waals surface area contributed by atoms with Crippen LogP contribution in [0.5, 0.6) is 0 Å². The van der Waals surface area contributed by atoms with Gasteiger partial charge in [0.25, 0.3) is 0 Å². The van der Waals surface area contributed by atoms with Crippen molar-refractivity contribution in [3.8, 4) is 0 Å². The highest BCUT2D eigenvalue weighted by Crippen LogP contribution is 2.13. The second kappa shape index (κ2) is 4.46. The molecule has 0 aromatic carbocycles. The Kier molecular flexibility index (Phi) is 3.52. The van der Waals surface area contributed by atoms with E-state index in [1.165, 1.54) is 0 Å². The average Bonchev–Trinajstić information content (AvgIpc) is 2.51. The molecule has 0 atom stereocenters. The summed E-state index contributed by atoms with van der Waals surface area (Å²) >= 11 is 0. The molecule has 0 amide bonds. The molecule has 0 saturated carbocycles. The van der Waals surface area contributed by atoms with Crippen LogP contribution in [-0.4, -0.2) is 22.0 Å². The van der Waals surface area contributed by atoms with Crippen molar-refractivity contribution in [2.24, 2.45) is 0 Å². The third-order valence-corrected chi connectivity index (χ3v) is 2.33. The third kappa shape index (κ3) is 3.38. The molecular weight excluding hydrogens is 178 g/mol. The minimum Gasteiger partial charge on any atom is -0.382 e. The van der Waals surface area contributed by atoms with E-state index in [1.807, 2.05) is 6.20 Å². The fourth-order valence-electron chi connectivity index (χ4n) is 1.02. The van der Waals surface area contributed by atoms with Gasteiger partial charge in [-0.05, 0) is 26.3 Å². The van der Waals surface area contributed by atoms with E-state index in [1.54, 1.807) is 10.7 Å². The number of nitrogen functional groups attached to an aromatic ring is 1. The van der Waals surface area contributed by atoms with Crippen molar-refractivity contribution >= 4 is 5.82 Å². The van der Waals surface area contributed by atoms with E-state index in [2.05, 4.69) is 25.9 Å². The Hall–Kier alpha value is -1.03. The van der Waals surface area contributed by atoms with E-state index in [4.69, 9.17) is 10.5 Å². The van der Waals surface area contributed by atoms with Gasteiger partial charge in [0.1, 0.15) is 5.82 Å². The van der Waals surface area contributed by atoms with Crippen LogP contribution in [0.2, 0.25) is 0 Å². The number of nitrogens with zero attached hydrogens (tertiary/aromatic N) is 2. The van der Waals surface area contributed by atoms with Crippen LogP contribution < -0.4 is 5.73 Å². The molecule has 80 valence electrons. The average molecular weight is 197 g/mol. The summed E-state index contributed by atoms with van der Waals surface area (Å²) in [6.07, 6.45) is 2.87. The van der Waals surface area contributed by atoms with Crippen molar-refractivity contribution in [2.75, 3.05) is 12.3 Å².